The van der Waals surface area contributed by atoms with Gasteiger partial charge in [-0.25, -0.2) is 0 Å². The van der Waals surface area contributed by atoms with Crippen molar-refractivity contribution >= 4 is 0 Å². The predicted octanol–water partition coefficient (Wildman–Crippen LogP) is 1.94. The van der Waals surface area contributed by atoms with Gasteiger partial charge in [0, 0.05) is 12.6 Å². The smallest absolute Gasteiger partial charge is 0.0223 e. The average molecular weight is 253 g/mol. The molecule has 0 spiro atoms. The molecule has 0 aromatic rings. The highest BCUT2D eigenvalue weighted by Crippen LogP contribution is 2.21. The van der Waals surface area contributed by atoms with E-state index in [-0.39, 0.29) is 0 Å². The summed E-state index contributed by atoms with van der Waals surface area (Å²) in [5.74, 6) is 0. The molecule has 1 N–H and O–H groups in total. The first-order valence-corrected chi connectivity index (χ1v) is 8.01. The van der Waals surface area contributed by atoms with E-state index in [1.165, 1.54) is 84.2 Å². The Morgan fingerprint density at radius 1 is 1.00 bits per heavy atom. The van der Waals surface area contributed by atoms with E-state index < -0.39 is 0 Å². The van der Waals surface area contributed by atoms with Crippen molar-refractivity contribution in [1.82, 2.24) is 15.1 Å². The standard InChI is InChI=1S/C15H31N3/c1-16-9-4-2-3-5-10-17-11-7-13-18-12-6-8-15(18)14-17/h15-16H,2-14H2,1H3. The molecule has 2 heterocycles. The van der Waals surface area contributed by atoms with Crippen LogP contribution in [0.1, 0.15) is 44.9 Å². The number of rotatable bonds is 7. The second-order valence-electron chi connectivity index (χ2n) is 6.00. The number of hydrogen-bond acceptors (Lipinski definition) is 3. The van der Waals surface area contributed by atoms with E-state index in [0.29, 0.717) is 0 Å². The van der Waals surface area contributed by atoms with Crippen molar-refractivity contribution in [2.75, 3.05) is 46.3 Å². The molecule has 1 unspecified atom stereocenters. The molecular formula is C15H31N3. The monoisotopic (exact) mass is 253 g/mol. The second-order valence-corrected chi connectivity index (χ2v) is 6.00. The summed E-state index contributed by atoms with van der Waals surface area (Å²) in [6.07, 6.45) is 9.80. The SMILES string of the molecule is CNCCCCCCN1CCCN2CCCC2C1. The molecule has 0 saturated carbocycles. The van der Waals surface area contributed by atoms with Crippen LogP contribution in [0.5, 0.6) is 0 Å². The summed E-state index contributed by atoms with van der Waals surface area (Å²) >= 11 is 0. The molecule has 3 heteroatoms. The molecule has 0 amide bonds. The summed E-state index contributed by atoms with van der Waals surface area (Å²) in [7, 11) is 2.05. The Morgan fingerprint density at radius 3 is 2.72 bits per heavy atom. The molecule has 106 valence electrons. The zero-order chi connectivity index (χ0) is 12.6. The Hall–Kier alpha value is -0.120. The van der Waals surface area contributed by atoms with E-state index in [4.69, 9.17) is 0 Å². The predicted molar refractivity (Wildman–Crippen MR) is 78.0 cm³/mol. The Bertz CT molecular complexity index is 220. The van der Waals surface area contributed by atoms with Gasteiger partial charge in [0.05, 0.1) is 0 Å². The normalized spacial score (nSPS) is 26.2. The first-order chi connectivity index (χ1) is 8.90. The fourth-order valence-corrected chi connectivity index (χ4v) is 3.48. The van der Waals surface area contributed by atoms with Gasteiger partial charge < -0.3 is 10.2 Å². The van der Waals surface area contributed by atoms with E-state index in [0.717, 1.165) is 6.04 Å². The lowest BCUT2D eigenvalue weighted by Gasteiger charge is -2.25. The lowest BCUT2D eigenvalue weighted by molar-refractivity contribution is 0.217. The third-order valence-electron chi connectivity index (χ3n) is 4.54. The lowest BCUT2D eigenvalue weighted by Crippen LogP contribution is -2.37. The highest BCUT2D eigenvalue weighted by atomic mass is 15.3. The van der Waals surface area contributed by atoms with Crippen molar-refractivity contribution in [2.24, 2.45) is 0 Å². The zero-order valence-electron chi connectivity index (χ0n) is 12.2. The molecule has 0 aromatic heterocycles. The summed E-state index contributed by atoms with van der Waals surface area (Å²) in [4.78, 5) is 5.46. The number of unbranched alkanes of at least 4 members (excludes halogenated alkanes) is 3. The van der Waals surface area contributed by atoms with Crippen LogP contribution in [0.3, 0.4) is 0 Å². The van der Waals surface area contributed by atoms with Gasteiger partial charge in [-0.1, -0.05) is 12.8 Å². The summed E-state index contributed by atoms with van der Waals surface area (Å²) in [6.45, 7) is 7.91. The van der Waals surface area contributed by atoms with Crippen molar-refractivity contribution in [3.63, 3.8) is 0 Å². The van der Waals surface area contributed by atoms with Crippen LogP contribution in [-0.4, -0.2) is 62.2 Å². The molecular weight excluding hydrogens is 222 g/mol. The molecule has 1 atom stereocenters. The van der Waals surface area contributed by atoms with Crippen LogP contribution in [-0.2, 0) is 0 Å². The van der Waals surface area contributed by atoms with Gasteiger partial charge in [-0.2, -0.15) is 0 Å². The molecule has 3 nitrogen and oxygen atoms in total. The van der Waals surface area contributed by atoms with Gasteiger partial charge in [0.2, 0.25) is 0 Å². The highest BCUT2D eigenvalue weighted by Gasteiger charge is 2.28. The molecule has 2 saturated heterocycles. The third-order valence-corrected chi connectivity index (χ3v) is 4.54. The summed E-state index contributed by atoms with van der Waals surface area (Å²) in [5, 5.41) is 3.23. The summed E-state index contributed by atoms with van der Waals surface area (Å²) < 4.78 is 0. The Kier molecular flexibility index (Phi) is 6.46. The molecule has 0 radical (unpaired) electrons. The van der Waals surface area contributed by atoms with Gasteiger partial charge in [0.1, 0.15) is 0 Å². The van der Waals surface area contributed by atoms with Gasteiger partial charge in [-0.15, -0.1) is 0 Å². The first kappa shape index (κ1) is 14.3. The van der Waals surface area contributed by atoms with Crippen molar-refractivity contribution in [2.45, 2.75) is 51.0 Å². The van der Waals surface area contributed by atoms with Crippen LogP contribution in [0.25, 0.3) is 0 Å². The summed E-state index contributed by atoms with van der Waals surface area (Å²) in [6, 6.07) is 0.886. The quantitative estimate of drug-likeness (QED) is 0.700. The van der Waals surface area contributed by atoms with Crippen LogP contribution < -0.4 is 5.32 Å². The van der Waals surface area contributed by atoms with E-state index in [2.05, 4.69) is 15.1 Å². The van der Waals surface area contributed by atoms with Crippen molar-refractivity contribution in [3.8, 4) is 0 Å². The zero-order valence-corrected chi connectivity index (χ0v) is 12.2. The van der Waals surface area contributed by atoms with Crippen LogP contribution in [0.2, 0.25) is 0 Å². The maximum atomic E-state index is 3.23. The Balaban J connectivity index is 1.57. The molecule has 2 aliphatic rings. The average Bonchev–Trinajstić information content (AvgIpc) is 2.72. The molecule has 18 heavy (non-hydrogen) atoms. The van der Waals surface area contributed by atoms with Crippen LogP contribution in [0.4, 0.5) is 0 Å². The van der Waals surface area contributed by atoms with Gasteiger partial charge in [0.25, 0.3) is 0 Å². The molecule has 0 bridgehead atoms. The van der Waals surface area contributed by atoms with Gasteiger partial charge >= 0.3 is 0 Å². The largest absolute Gasteiger partial charge is 0.320 e. The number of nitrogens with one attached hydrogen (secondary N) is 1. The number of fused-ring (bicyclic) bond motifs is 1. The molecule has 0 aromatic carbocycles. The maximum Gasteiger partial charge on any atom is 0.0223 e. The third kappa shape index (κ3) is 4.52. The van der Waals surface area contributed by atoms with Crippen LogP contribution in [0, 0.1) is 0 Å². The van der Waals surface area contributed by atoms with E-state index >= 15 is 0 Å². The molecule has 2 rings (SSSR count). The number of hydrogen-bond donors (Lipinski definition) is 1. The van der Waals surface area contributed by atoms with Crippen LogP contribution in [0.15, 0.2) is 0 Å². The van der Waals surface area contributed by atoms with Gasteiger partial charge in [-0.05, 0) is 71.9 Å². The molecule has 2 aliphatic heterocycles. The molecule has 0 aliphatic carbocycles. The topological polar surface area (TPSA) is 18.5 Å². The van der Waals surface area contributed by atoms with Gasteiger partial charge in [0.15, 0.2) is 0 Å². The maximum absolute atomic E-state index is 3.23. The fourth-order valence-electron chi connectivity index (χ4n) is 3.48. The minimum Gasteiger partial charge on any atom is -0.320 e. The highest BCUT2D eigenvalue weighted by molar-refractivity contribution is 4.84. The van der Waals surface area contributed by atoms with E-state index in [9.17, 15) is 0 Å². The van der Waals surface area contributed by atoms with Crippen molar-refractivity contribution in [3.05, 3.63) is 0 Å². The van der Waals surface area contributed by atoms with Crippen molar-refractivity contribution in [1.29, 1.82) is 0 Å². The summed E-state index contributed by atoms with van der Waals surface area (Å²) in [5.41, 5.74) is 0. The van der Waals surface area contributed by atoms with E-state index in [1.54, 1.807) is 0 Å². The fraction of sp³-hybridized carbons (Fsp3) is 1.00. The Morgan fingerprint density at radius 2 is 1.83 bits per heavy atom. The minimum atomic E-state index is 0.886. The van der Waals surface area contributed by atoms with E-state index in [1.807, 2.05) is 7.05 Å². The Labute approximate surface area is 113 Å². The lowest BCUT2D eigenvalue weighted by atomic mass is 10.1. The molecule has 2 fully saturated rings. The minimum absolute atomic E-state index is 0.886. The van der Waals surface area contributed by atoms with Crippen LogP contribution >= 0.6 is 0 Å². The van der Waals surface area contributed by atoms with Crippen molar-refractivity contribution < 1.29 is 0 Å². The van der Waals surface area contributed by atoms with Gasteiger partial charge in [-0.3, -0.25) is 4.90 Å². The first-order valence-electron chi connectivity index (χ1n) is 8.01. The second kappa shape index (κ2) is 8.13. The number of nitrogens with zero attached hydrogens (tertiary/aromatic N) is 2.